The first-order valence-electron chi connectivity index (χ1n) is 8.49. The Labute approximate surface area is 187 Å². The van der Waals surface area contributed by atoms with Crippen LogP contribution in [-0.4, -0.2) is 29.6 Å². The van der Waals surface area contributed by atoms with Gasteiger partial charge in [-0.25, -0.2) is 0 Å². The van der Waals surface area contributed by atoms with E-state index in [9.17, 15) is 9.59 Å². The van der Waals surface area contributed by atoms with Gasteiger partial charge in [0.2, 0.25) is 0 Å². The fraction of sp³-hybridized carbons (Fsp3) is 0.211. The Morgan fingerprint density at radius 2 is 1.83 bits per heavy atom. The molecule has 0 aliphatic carbocycles. The van der Waals surface area contributed by atoms with Crippen LogP contribution in [0.15, 0.2) is 46.9 Å². The second-order valence-corrected chi connectivity index (χ2v) is 7.77. The molecule has 0 saturated carbocycles. The summed E-state index contributed by atoms with van der Waals surface area (Å²) >= 11 is 14.1. The zero-order valence-corrected chi connectivity index (χ0v) is 18.8. The molecular formula is C19H19BrClN3O4S. The minimum Gasteiger partial charge on any atom is -0.490 e. The second-order valence-electron chi connectivity index (χ2n) is 6.01. The summed E-state index contributed by atoms with van der Waals surface area (Å²) in [4.78, 5) is 24.3. The van der Waals surface area contributed by atoms with Crippen LogP contribution in [0, 0.1) is 0 Å². The molecule has 2 rings (SSSR count). The molecule has 2 aromatic rings. The average Bonchev–Trinajstić information content (AvgIpc) is 2.67. The molecule has 10 heteroatoms. The predicted molar refractivity (Wildman–Crippen MR) is 118 cm³/mol. The van der Waals surface area contributed by atoms with Crippen molar-refractivity contribution in [1.29, 1.82) is 0 Å². The van der Waals surface area contributed by atoms with Gasteiger partial charge in [0, 0.05) is 9.50 Å². The van der Waals surface area contributed by atoms with Crippen molar-refractivity contribution in [2.45, 2.75) is 20.0 Å². The van der Waals surface area contributed by atoms with Gasteiger partial charge in [-0.05, 0) is 68.5 Å². The topological polar surface area (TPSA) is 88.7 Å². The zero-order chi connectivity index (χ0) is 21.4. The summed E-state index contributed by atoms with van der Waals surface area (Å²) in [5, 5.41) is 2.97. The van der Waals surface area contributed by atoms with Gasteiger partial charge in [0.05, 0.1) is 11.7 Å². The first kappa shape index (κ1) is 22.9. The number of hydrogen-bond donors (Lipinski definition) is 3. The Morgan fingerprint density at radius 3 is 2.48 bits per heavy atom. The lowest BCUT2D eigenvalue weighted by Crippen LogP contribution is -2.49. The number of carbonyl (C=O) groups is 2. The first-order chi connectivity index (χ1) is 13.7. The van der Waals surface area contributed by atoms with Gasteiger partial charge < -0.3 is 9.47 Å². The number of halogens is 2. The van der Waals surface area contributed by atoms with E-state index in [1.807, 2.05) is 13.8 Å². The van der Waals surface area contributed by atoms with Crippen LogP contribution < -0.4 is 25.6 Å². The van der Waals surface area contributed by atoms with Gasteiger partial charge in [0.15, 0.2) is 11.7 Å². The normalized spacial score (nSPS) is 10.2. The monoisotopic (exact) mass is 499 g/mol. The third kappa shape index (κ3) is 7.88. The van der Waals surface area contributed by atoms with Gasteiger partial charge in [-0.1, -0.05) is 27.5 Å². The lowest BCUT2D eigenvalue weighted by molar-refractivity contribution is -0.123. The molecule has 154 valence electrons. The minimum atomic E-state index is -0.483. The predicted octanol–water partition coefficient (Wildman–Crippen LogP) is 3.60. The molecule has 0 bridgehead atoms. The Morgan fingerprint density at radius 1 is 1.14 bits per heavy atom. The van der Waals surface area contributed by atoms with Crippen molar-refractivity contribution in [3.05, 3.63) is 57.5 Å². The van der Waals surface area contributed by atoms with E-state index in [2.05, 4.69) is 32.1 Å². The highest BCUT2D eigenvalue weighted by Gasteiger charge is 2.16. The molecule has 2 aromatic carbocycles. The SMILES string of the molecule is CC(C)Oc1ccc(Br)cc1C(=O)NC(=S)NNC(=O)COc1ccc(Cl)cc1. The van der Waals surface area contributed by atoms with Gasteiger partial charge in [0.1, 0.15) is 11.5 Å². The Bertz CT molecular complexity index is 894. The highest BCUT2D eigenvalue weighted by Crippen LogP contribution is 2.24. The molecule has 0 unspecified atom stereocenters. The number of thiocarbonyl (C=S) groups is 1. The van der Waals surface area contributed by atoms with Crippen LogP contribution in [-0.2, 0) is 4.79 Å². The van der Waals surface area contributed by atoms with Crippen LogP contribution in [0.2, 0.25) is 5.02 Å². The van der Waals surface area contributed by atoms with E-state index >= 15 is 0 Å². The summed E-state index contributed by atoms with van der Waals surface area (Å²) in [5.41, 5.74) is 5.09. The number of hydrogen-bond acceptors (Lipinski definition) is 5. The molecule has 0 saturated heterocycles. The summed E-state index contributed by atoms with van der Waals surface area (Å²) in [6, 6.07) is 11.7. The van der Waals surface area contributed by atoms with Gasteiger partial charge in [-0.3, -0.25) is 25.8 Å². The Balaban J connectivity index is 1.84. The van der Waals surface area contributed by atoms with Crippen molar-refractivity contribution < 1.29 is 19.1 Å². The lowest BCUT2D eigenvalue weighted by atomic mass is 10.2. The first-order valence-corrected chi connectivity index (χ1v) is 10.1. The Hall–Kier alpha value is -2.36. The van der Waals surface area contributed by atoms with Gasteiger partial charge in [0.25, 0.3) is 11.8 Å². The maximum Gasteiger partial charge on any atom is 0.276 e. The third-order valence-electron chi connectivity index (χ3n) is 3.27. The summed E-state index contributed by atoms with van der Waals surface area (Å²) in [5.74, 6) is -0.0504. The maximum absolute atomic E-state index is 12.5. The molecule has 0 radical (unpaired) electrons. The number of carbonyl (C=O) groups excluding carboxylic acids is 2. The lowest BCUT2D eigenvalue weighted by Gasteiger charge is -2.15. The molecule has 3 N–H and O–H groups in total. The molecule has 0 spiro atoms. The van der Waals surface area contributed by atoms with E-state index < -0.39 is 11.8 Å². The average molecular weight is 501 g/mol. The second kappa shape index (κ2) is 11.0. The quantitative estimate of drug-likeness (QED) is 0.415. The largest absolute Gasteiger partial charge is 0.490 e. The number of hydrazine groups is 1. The molecule has 2 amide bonds. The van der Waals surface area contributed by atoms with Crippen LogP contribution in [0.25, 0.3) is 0 Å². The van der Waals surface area contributed by atoms with E-state index in [-0.39, 0.29) is 17.8 Å². The number of benzene rings is 2. The number of rotatable bonds is 6. The molecule has 0 aliphatic heterocycles. The summed E-state index contributed by atoms with van der Waals surface area (Å²) in [6.45, 7) is 3.47. The summed E-state index contributed by atoms with van der Waals surface area (Å²) in [6.07, 6.45) is -0.104. The van der Waals surface area contributed by atoms with Gasteiger partial charge in [-0.15, -0.1) is 0 Å². The molecule has 0 heterocycles. The van der Waals surface area contributed by atoms with E-state index in [0.29, 0.717) is 26.6 Å². The van der Waals surface area contributed by atoms with Crippen molar-refractivity contribution in [1.82, 2.24) is 16.2 Å². The summed E-state index contributed by atoms with van der Waals surface area (Å²) in [7, 11) is 0. The standard InChI is InChI=1S/C19H19BrClN3O4S/c1-11(2)28-16-8-3-12(20)9-15(16)18(26)22-19(29)24-23-17(25)10-27-14-6-4-13(21)5-7-14/h3-9,11H,10H2,1-2H3,(H,23,25)(H2,22,24,26,29). The van der Waals surface area contributed by atoms with E-state index in [1.165, 1.54) is 0 Å². The highest BCUT2D eigenvalue weighted by molar-refractivity contribution is 9.10. The summed E-state index contributed by atoms with van der Waals surface area (Å²) < 4.78 is 11.7. The molecule has 29 heavy (non-hydrogen) atoms. The molecular weight excluding hydrogens is 482 g/mol. The fourth-order valence-corrected chi connectivity index (χ4v) is 2.71. The highest BCUT2D eigenvalue weighted by atomic mass is 79.9. The minimum absolute atomic E-state index is 0.0784. The van der Waals surface area contributed by atoms with Crippen LogP contribution in [0.1, 0.15) is 24.2 Å². The molecule has 0 aromatic heterocycles. The number of amides is 2. The zero-order valence-electron chi connectivity index (χ0n) is 15.6. The van der Waals surface area contributed by atoms with Crippen molar-refractivity contribution in [3.8, 4) is 11.5 Å². The van der Waals surface area contributed by atoms with Crippen LogP contribution >= 0.6 is 39.7 Å². The molecule has 7 nitrogen and oxygen atoms in total. The maximum atomic E-state index is 12.5. The van der Waals surface area contributed by atoms with Gasteiger partial charge in [-0.2, -0.15) is 0 Å². The molecule has 0 atom stereocenters. The molecule has 0 aliphatic rings. The smallest absolute Gasteiger partial charge is 0.276 e. The van der Waals surface area contributed by atoms with Crippen LogP contribution in [0.5, 0.6) is 11.5 Å². The van der Waals surface area contributed by atoms with Crippen molar-refractivity contribution in [2.75, 3.05) is 6.61 Å². The van der Waals surface area contributed by atoms with Crippen LogP contribution in [0.4, 0.5) is 0 Å². The van der Waals surface area contributed by atoms with E-state index in [4.69, 9.17) is 33.3 Å². The van der Waals surface area contributed by atoms with E-state index in [0.717, 1.165) is 0 Å². The molecule has 0 fully saturated rings. The van der Waals surface area contributed by atoms with Crippen molar-refractivity contribution in [3.63, 3.8) is 0 Å². The number of ether oxygens (including phenoxy) is 2. The third-order valence-corrected chi connectivity index (χ3v) is 4.22. The number of nitrogens with one attached hydrogen (secondary N) is 3. The van der Waals surface area contributed by atoms with Crippen molar-refractivity contribution >= 4 is 56.7 Å². The van der Waals surface area contributed by atoms with Gasteiger partial charge >= 0.3 is 0 Å². The van der Waals surface area contributed by atoms with Crippen molar-refractivity contribution in [2.24, 2.45) is 0 Å². The Kier molecular flexibility index (Phi) is 8.69. The fourth-order valence-electron chi connectivity index (χ4n) is 2.08. The van der Waals surface area contributed by atoms with E-state index in [1.54, 1.807) is 42.5 Å². The van der Waals surface area contributed by atoms with Crippen LogP contribution in [0.3, 0.4) is 0 Å².